The Balaban J connectivity index is 2.72. The van der Waals surface area contributed by atoms with Crippen LogP contribution in [0.25, 0.3) is 0 Å². The molecule has 104 valence electrons. The predicted molar refractivity (Wildman–Crippen MR) is 76.3 cm³/mol. The van der Waals surface area contributed by atoms with Crippen molar-refractivity contribution in [3.63, 3.8) is 0 Å². The summed E-state index contributed by atoms with van der Waals surface area (Å²) in [6.45, 7) is 6.19. The zero-order valence-electron chi connectivity index (χ0n) is 10.9. The van der Waals surface area contributed by atoms with Crippen LogP contribution in [0.3, 0.4) is 0 Å². The third-order valence-corrected chi connectivity index (χ3v) is 3.50. The summed E-state index contributed by atoms with van der Waals surface area (Å²) >= 11 is 3.22. The molecule has 1 rings (SSSR count). The third-order valence-electron chi connectivity index (χ3n) is 2.85. The van der Waals surface area contributed by atoms with Crippen LogP contribution in [-0.4, -0.2) is 30.5 Å². The summed E-state index contributed by atoms with van der Waals surface area (Å²) in [5.74, 6) is -0.103. The van der Waals surface area contributed by atoms with E-state index >= 15 is 0 Å². The van der Waals surface area contributed by atoms with Crippen LogP contribution in [0.5, 0.6) is 0 Å². The van der Waals surface area contributed by atoms with E-state index in [9.17, 15) is 14.9 Å². The maximum atomic E-state index is 11.8. The molecule has 1 aromatic carbocycles. The third kappa shape index (κ3) is 4.60. The number of nitrogens with zero attached hydrogens (tertiary/aromatic N) is 1. The lowest BCUT2D eigenvalue weighted by Crippen LogP contribution is -3.12. The van der Waals surface area contributed by atoms with Gasteiger partial charge >= 0.3 is 0 Å². The highest BCUT2D eigenvalue weighted by atomic mass is 79.9. The van der Waals surface area contributed by atoms with Gasteiger partial charge in [-0.15, -0.1) is 0 Å². The Morgan fingerprint density at radius 1 is 1.42 bits per heavy atom. The van der Waals surface area contributed by atoms with Crippen molar-refractivity contribution in [1.82, 2.24) is 0 Å². The zero-order chi connectivity index (χ0) is 14.4. The van der Waals surface area contributed by atoms with Crippen molar-refractivity contribution >= 4 is 33.2 Å². The van der Waals surface area contributed by atoms with Gasteiger partial charge in [-0.2, -0.15) is 0 Å². The van der Waals surface area contributed by atoms with E-state index < -0.39 is 4.92 Å². The average Bonchev–Trinajstić information content (AvgIpc) is 2.38. The Morgan fingerprint density at radius 2 is 2.05 bits per heavy atom. The highest BCUT2D eigenvalue weighted by molar-refractivity contribution is 9.10. The number of non-ortho nitro benzene ring substituents is 1. The molecule has 7 heteroatoms. The number of anilines is 1. The number of rotatable bonds is 6. The zero-order valence-corrected chi connectivity index (χ0v) is 12.5. The van der Waals surface area contributed by atoms with Crippen LogP contribution in [0, 0.1) is 10.1 Å². The van der Waals surface area contributed by atoms with Crippen molar-refractivity contribution in [2.24, 2.45) is 0 Å². The Hall–Kier alpha value is -1.47. The highest BCUT2D eigenvalue weighted by Gasteiger charge is 2.14. The van der Waals surface area contributed by atoms with Gasteiger partial charge in [0.2, 0.25) is 0 Å². The van der Waals surface area contributed by atoms with E-state index in [0.29, 0.717) is 16.7 Å². The highest BCUT2D eigenvalue weighted by Crippen LogP contribution is 2.26. The minimum atomic E-state index is -0.476. The van der Waals surface area contributed by atoms with Gasteiger partial charge in [0.1, 0.15) is 0 Å². The van der Waals surface area contributed by atoms with Crippen molar-refractivity contribution < 1.29 is 14.6 Å². The maximum absolute atomic E-state index is 11.8. The smallest absolute Gasteiger partial charge is 0.279 e. The van der Waals surface area contributed by atoms with Gasteiger partial charge in [0.15, 0.2) is 6.54 Å². The molecule has 1 aromatic rings. The van der Waals surface area contributed by atoms with Crippen molar-refractivity contribution in [3.05, 3.63) is 32.8 Å². The molecule has 0 aliphatic carbocycles. The number of nitro groups is 1. The van der Waals surface area contributed by atoms with Gasteiger partial charge in [-0.05, 0) is 35.8 Å². The molecule has 1 amide bonds. The van der Waals surface area contributed by atoms with Crippen molar-refractivity contribution in [3.8, 4) is 0 Å². The molecule has 0 aliphatic heterocycles. The number of nitrogens with one attached hydrogen (secondary N) is 2. The van der Waals surface area contributed by atoms with Gasteiger partial charge < -0.3 is 10.2 Å². The van der Waals surface area contributed by atoms with E-state index in [1.165, 1.54) is 23.1 Å². The Bertz CT molecular complexity index is 475. The number of likely N-dealkylation sites (N-methyl/N-ethyl adjacent to an activating group) is 1. The number of carbonyl (C=O) groups excluding carboxylic acids is 1. The fourth-order valence-electron chi connectivity index (χ4n) is 1.64. The topological polar surface area (TPSA) is 76.7 Å². The molecule has 6 nitrogen and oxygen atoms in total. The summed E-state index contributed by atoms with van der Waals surface area (Å²) < 4.78 is 0.504. The SMILES string of the molecule is CC[NH+](CC)CC(=O)Nc1ccc([N+](=O)[O-])cc1Br. The molecular formula is C12H17BrN3O3+. The standard InChI is InChI=1S/C12H16BrN3O3/c1-3-15(4-2)8-12(17)14-11-6-5-9(16(18)19)7-10(11)13/h5-7H,3-4,8H2,1-2H3,(H,14,17)/p+1. The second-order valence-electron chi connectivity index (χ2n) is 4.10. The largest absolute Gasteiger partial charge is 0.328 e. The molecule has 19 heavy (non-hydrogen) atoms. The second-order valence-corrected chi connectivity index (χ2v) is 4.96. The van der Waals surface area contributed by atoms with Crippen LogP contribution in [-0.2, 0) is 4.79 Å². The first kappa shape index (κ1) is 15.6. The molecule has 0 saturated heterocycles. The normalized spacial score (nSPS) is 10.5. The Labute approximate surface area is 120 Å². The average molecular weight is 331 g/mol. The molecule has 0 fully saturated rings. The number of quaternary nitrogens is 1. The Kier molecular flexibility index (Phi) is 5.91. The lowest BCUT2D eigenvalue weighted by Gasteiger charge is -2.15. The molecule has 0 radical (unpaired) electrons. The van der Waals surface area contributed by atoms with Crippen LogP contribution in [0.2, 0.25) is 0 Å². The molecular weight excluding hydrogens is 314 g/mol. The van der Waals surface area contributed by atoms with E-state index in [0.717, 1.165) is 13.1 Å². The summed E-state index contributed by atoms with van der Waals surface area (Å²) in [4.78, 5) is 23.1. The van der Waals surface area contributed by atoms with Crippen molar-refractivity contribution in [2.45, 2.75) is 13.8 Å². The number of halogens is 1. The molecule has 0 aliphatic rings. The van der Waals surface area contributed by atoms with Crippen LogP contribution < -0.4 is 10.2 Å². The monoisotopic (exact) mass is 330 g/mol. The number of amides is 1. The van der Waals surface area contributed by atoms with Gasteiger partial charge in [-0.1, -0.05) is 0 Å². The van der Waals surface area contributed by atoms with Gasteiger partial charge in [0.05, 0.1) is 23.7 Å². The molecule has 0 atom stereocenters. The molecule has 0 saturated carbocycles. The van der Waals surface area contributed by atoms with Crippen molar-refractivity contribution in [2.75, 3.05) is 25.0 Å². The van der Waals surface area contributed by atoms with E-state index in [1.54, 1.807) is 0 Å². The van der Waals surface area contributed by atoms with E-state index in [2.05, 4.69) is 21.2 Å². The van der Waals surface area contributed by atoms with Crippen LogP contribution in [0.4, 0.5) is 11.4 Å². The first-order valence-electron chi connectivity index (χ1n) is 6.05. The van der Waals surface area contributed by atoms with E-state index in [-0.39, 0.29) is 11.6 Å². The lowest BCUT2D eigenvalue weighted by molar-refractivity contribution is -0.888. The molecule has 0 spiro atoms. The Morgan fingerprint density at radius 3 is 2.53 bits per heavy atom. The first-order valence-corrected chi connectivity index (χ1v) is 6.84. The van der Waals surface area contributed by atoms with Gasteiger partial charge in [-0.25, -0.2) is 0 Å². The molecule has 0 aromatic heterocycles. The first-order chi connectivity index (χ1) is 8.97. The summed E-state index contributed by atoms with van der Waals surface area (Å²) in [6.07, 6.45) is 0. The summed E-state index contributed by atoms with van der Waals surface area (Å²) in [7, 11) is 0. The maximum Gasteiger partial charge on any atom is 0.279 e. The lowest BCUT2D eigenvalue weighted by atomic mass is 10.3. The van der Waals surface area contributed by atoms with Gasteiger partial charge in [-0.3, -0.25) is 14.9 Å². The van der Waals surface area contributed by atoms with Crippen molar-refractivity contribution in [1.29, 1.82) is 0 Å². The summed E-state index contributed by atoms with van der Waals surface area (Å²) in [5.41, 5.74) is 0.529. The predicted octanol–water partition coefficient (Wildman–Crippen LogP) is 1.22. The molecule has 0 unspecified atom stereocenters. The van der Waals surface area contributed by atoms with Gasteiger partial charge in [0, 0.05) is 16.6 Å². The number of carbonyl (C=O) groups is 1. The number of nitro benzene ring substituents is 1. The minimum Gasteiger partial charge on any atom is -0.328 e. The van der Waals surface area contributed by atoms with Crippen LogP contribution >= 0.6 is 15.9 Å². The summed E-state index contributed by atoms with van der Waals surface area (Å²) in [5, 5.41) is 13.4. The summed E-state index contributed by atoms with van der Waals surface area (Å²) in [6, 6.07) is 4.27. The van der Waals surface area contributed by atoms with Crippen LogP contribution in [0.15, 0.2) is 22.7 Å². The molecule has 0 bridgehead atoms. The molecule has 2 N–H and O–H groups in total. The van der Waals surface area contributed by atoms with Gasteiger partial charge in [0.25, 0.3) is 11.6 Å². The molecule has 0 heterocycles. The number of hydrogen-bond donors (Lipinski definition) is 2. The van der Waals surface area contributed by atoms with E-state index in [1.807, 2.05) is 13.8 Å². The fourth-order valence-corrected chi connectivity index (χ4v) is 2.11. The minimum absolute atomic E-state index is 0.0146. The quantitative estimate of drug-likeness (QED) is 0.608. The fraction of sp³-hybridized carbons (Fsp3) is 0.417. The number of benzene rings is 1. The second kappa shape index (κ2) is 7.20. The van der Waals surface area contributed by atoms with E-state index in [4.69, 9.17) is 0 Å². The van der Waals surface area contributed by atoms with Crippen LogP contribution in [0.1, 0.15) is 13.8 Å². The number of hydrogen-bond acceptors (Lipinski definition) is 3.